The van der Waals surface area contributed by atoms with Crippen LogP contribution in [-0.2, 0) is 11.4 Å². The summed E-state index contributed by atoms with van der Waals surface area (Å²) in [6, 6.07) is 15.9. The number of methoxy groups -OCH3 is 1. The zero-order valence-corrected chi connectivity index (χ0v) is 22.3. The number of likely N-dealkylation sites (N-methyl/N-ethyl adjacent to an activating group) is 1. The number of ether oxygens (including phenoxy) is 2. The molecule has 0 unspecified atom stereocenters. The average Bonchev–Trinajstić information content (AvgIpc) is 3.16. The second-order valence-electron chi connectivity index (χ2n) is 7.86. The normalized spacial score (nSPS) is 15.5. The first-order chi connectivity index (χ1) is 17.8. The number of carbonyl (C=O) groups excluding carboxylic acids is 1. The van der Waals surface area contributed by atoms with Crippen LogP contribution in [0, 0.1) is 5.82 Å². The summed E-state index contributed by atoms with van der Waals surface area (Å²) in [7, 11) is 1.51. The minimum Gasteiger partial charge on any atom is -0.493 e. The third-order valence-electron chi connectivity index (χ3n) is 5.34. The van der Waals surface area contributed by atoms with Crippen molar-refractivity contribution in [3.05, 3.63) is 92.5 Å². The summed E-state index contributed by atoms with van der Waals surface area (Å²) in [5.74, 6) is -0.698. The predicted octanol–water partition coefficient (Wildman–Crippen LogP) is 6.50. The van der Waals surface area contributed by atoms with Gasteiger partial charge in [-0.05, 0) is 94.3 Å². The second kappa shape index (κ2) is 11.6. The minimum absolute atomic E-state index is 0.117. The summed E-state index contributed by atoms with van der Waals surface area (Å²) >= 11 is 4.71. The Hall–Kier alpha value is -3.63. The van der Waals surface area contributed by atoms with Crippen molar-refractivity contribution in [2.24, 2.45) is 4.99 Å². The highest BCUT2D eigenvalue weighted by Crippen LogP contribution is 2.40. The fourth-order valence-electron chi connectivity index (χ4n) is 3.59. The van der Waals surface area contributed by atoms with Gasteiger partial charge >= 0.3 is 5.97 Å². The highest BCUT2D eigenvalue weighted by molar-refractivity contribution is 9.10. The summed E-state index contributed by atoms with van der Waals surface area (Å²) < 4.78 is 25.5. The Bertz CT molecular complexity index is 1430. The Morgan fingerprint density at radius 3 is 2.68 bits per heavy atom. The number of halogens is 2. The first-order valence-electron chi connectivity index (χ1n) is 11.2. The highest BCUT2D eigenvalue weighted by Gasteiger charge is 2.32. The van der Waals surface area contributed by atoms with Crippen LogP contribution < -0.4 is 9.47 Å². The van der Waals surface area contributed by atoms with Gasteiger partial charge in [-0.1, -0.05) is 18.2 Å². The van der Waals surface area contributed by atoms with E-state index in [1.54, 1.807) is 42.5 Å². The van der Waals surface area contributed by atoms with Crippen molar-refractivity contribution in [3.8, 4) is 11.5 Å². The molecule has 1 heterocycles. The van der Waals surface area contributed by atoms with E-state index in [0.717, 1.165) is 0 Å². The topological polar surface area (TPSA) is 88.4 Å². The zero-order valence-electron chi connectivity index (χ0n) is 19.9. The number of thioether (sulfide) groups is 1. The molecule has 0 saturated carbocycles. The van der Waals surface area contributed by atoms with Gasteiger partial charge < -0.3 is 14.6 Å². The Labute approximate surface area is 225 Å². The summed E-state index contributed by atoms with van der Waals surface area (Å²) in [4.78, 5) is 30.9. The Balaban J connectivity index is 1.60. The lowest BCUT2D eigenvalue weighted by atomic mass is 10.1. The van der Waals surface area contributed by atoms with Crippen molar-refractivity contribution in [2.45, 2.75) is 13.5 Å². The van der Waals surface area contributed by atoms with E-state index in [-0.39, 0.29) is 23.9 Å². The van der Waals surface area contributed by atoms with Crippen LogP contribution in [0.5, 0.6) is 11.5 Å². The summed E-state index contributed by atoms with van der Waals surface area (Å²) in [5, 5.41) is 9.70. The molecule has 1 aliphatic rings. The second-order valence-corrected chi connectivity index (χ2v) is 9.73. The number of hydrogen-bond donors (Lipinski definition) is 1. The largest absolute Gasteiger partial charge is 0.493 e. The van der Waals surface area contributed by atoms with E-state index in [4.69, 9.17) is 9.47 Å². The quantitative estimate of drug-likeness (QED) is 0.304. The molecule has 4 rings (SSSR count). The van der Waals surface area contributed by atoms with Crippen molar-refractivity contribution in [3.63, 3.8) is 0 Å². The van der Waals surface area contributed by atoms with Crippen LogP contribution in [-0.4, -0.2) is 40.7 Å². The Morgan fingerprint density at radius 1 is 1.19 bits per heavy atom. The number of carbonyl (C=O) groups is 2. The number of hydrogen-bond acceptors (Lipinski definition) is 6. The molecule has 0 aliphatic carbocycles. The van der Waals surface area contributed by atoms with Crippen LogP contribution in [0.1, 0.15) is 28.4 Å². The number of aromatic carboxylic acids is 1. The lowest BCUT2D eigenvalue weighted by Gasteiger charge is -2.14. The first-order valence-corrected chi connectivity index (χ1v) is 12.8. The molecule has 190 valence electrons. The molecule has 0 aromatic heterocycles. The fraction of sp³-hybridized carbons (Fsp3) is 0.148. The van der Waals surface area contributed by atoms with Gasteiger partial charge in [0.2, 0.25) is 0 Å². The number of amides is 1. The van der Waals surface area contributed by atoms with Crippen LogP contribution in [0.2, 0.25) is 0 Å². The van der Waals surface area contributed by atoms with Gasteiger partial charge in [0.25, 0.3) is 5.91 Å². The molecular formula is C27H22BrFN2O5S. The lowest BCUT2D eigenvalue weighted by molar-refractivity contribution is -0.122. The average molecular weight is 585 g/mol. The van der Waals surface area contributed by atoms with E-state index in [2.05, 4.69) is 20.9 Å². The van der Waals surface area contributed by atoms with E-state index >= 15 is 0 Å². The lowest BCUT2D eigenvalue weighted by Crippen LogP contribution is -2.28. The maximum absolute atomic E-state index is 13.5. The predicted molar refractivity (Wildman–Crippen MR) is 145 cm³/mol. The smallest absolute Gasteiger partial charge is 0.335 e. The van der Waals surface area contributed by atoms with Crippen molar-refractivity contribution >= 4 is 56.5 Å². The van der Waals surface area contributed by atoms with Crippen LogP contribution in [0.4, 0.5) is 10.1 Å². The van der Waals surface area contributed by atoms with Gasteiger partial charge in [-0.15, -0.1) is 0 Å². The standard InChI is InChI=1S/C27H22BrFN2O5S/c1-3-31-25(32)23(37-27(31)30-20-9-5-7-18(14-20)26(33)34)13-17-11-21(28)24(22(12-17)35-2)36-15-16-6-4-8-19(29)10-16/h4-14H,3,15H2,1-2H3,(H,33,34). The minimum atomic E-state index is -1.05. The highest BCUT2D eigenvalue weighted by atomic mass is 79.9. The van der Waals surface area contributed by atoms with Gasteiger partial charge in [-0.3, -0.25) is 9.69 Å². The van der Waals surface area contributed by atoms with Gasteiger partial charge in [-0.2, -0.15) is 0 Å². The molecular weight excluding hydrogens is 563 g/mol. The fourth-order valence-corrected chi connectivity index (χ4v) is 5.22. The molecule has 7 nitrogen and oxygen atoms in total. The van der Waals surface area contributed by atoms with Crippen molar-refractivity contribution in [1.82, 2.24) is 4.90 Å². The molecule has 10 heteroatoms. The van der Waals surface area contributed by atoms with Gasteiger partial charge in [-0.25, -0.2) is 14.2 Å². The Morgan fingerprint density at radius 2 is 1.97 bits per heavy atom. The van der Waals surface area contributed by atoms with Crippen molar-refractivity contribution in [1.29, 1.82) is 0 Å². The summed E-state index contributed by atoms with van der Waals surface area (Å²) in [6.45, 7) is 2.39. The van der Waals surface area contributed by atoms with Crippen LogP contribution in [0.15, 0.2) is 75.0 Å². The molecule has 37 heavy (non-hydrogen) atoms. The van der Waals surface area contributed by atoms with Crippen LogP contribution in [0.25, 0.3) is 6.08 Å². The molecule has 1 aliphatic heterocycles. The monoisotopic (exact) mass is 584 g/mol. The molecule has 0 bridgehead atoms. The number of benzene rings is 3. The molecule has 1 N–H and O–H groups in total. The van der Waals surface area contributed by atoms with Crippen LogP contribution in [0.3, 0.4) is 0 Å². The number of aliphatic imine (C=N–C) groups is 1. The van der Waals surface area contributed by atoms with Crippen LogP contribution >= 0.6 is 27.7 Å². The van der Waals surface area contributed by atoms with E-state index in [1.165, 1.54) is 48.0 Å². The molecule has 0 radical (unpaired) electrons. The third kappa shape index (κ3) is 6.20. The van der Waals surface area contributed by atoms with Crippen molar-refractivity contribution in [2.75, 3.05) is 13.7 Å². The number of nitrogens with zero attached hydrogens (tertiary/aromatic N) is 2. The van der Waals surface area contributed by atoms with Crippen molar-refractivity contribution < 1.29 is 28.6 Å². The number of carboxylic acid groups (broad SMARTS) is 1. The first kappa shape index (κ1) is 26.4. The molecule has 1 amide bonds. The molecule has 3 aromatic carbocycles. The SMILES string of the molecule is CCN1C(=O)C(=Cc2cc(Br)c(OCc3cccc(F)c3)c(OC)c2)SC1=Nc1cccc(C(=O)O)c1. The van der Waals surface area contributed by atoms with E-state index in [0.29, 0.717) is 49.4 Å². The number of rotatable bonds is 8. The van der Waals surface area contributed by atoms with Gasteiger partial charge in [0.15, 0.2) is 16.7 Å². The number of carboxylic acids is 1. The Kier molecular flexibility index (Phi) is 8.30. The van der Waals surface area contributed by atoms with E-state index < -0.39 is 5.97 Å². The summed E-state index contributed by atoms with van der Waals surface area (Å²) in [5.41, 5.74) is 1.93. The summed E-state index contributed by atoms with van der Waals surface area (Å²) in [6.07, 6.45) is 1.73. The van der Waals surface area contributed by atoms with Gasteiger partial charge in [0.05, 0.1) is 27.7 Å². The molecule has 0 spiro atoms. The maximum Gasteiger partial charge on any atom is 0.335 e. The number of amidine groups is 1. The molecule has 1 saturated heterocycles. The third-order valence-corrected chi connectivity index (χ3v) is 6.94. The zero-order chi connectivity index (χ0) is 26.5. The molecule has 3 aromatic rings. The van der Waals surface area contributed by atoms with Gasteiger partial charge in [0.1, 0.15) is 12.4 Å². The maximum atomic E-state index is 13.5. The van der Waals surface area contributed by atoms with Gasteiger partial charge in [0, 0.05) is 6.54 Å². The van der Waals surface area contributed by atoms with E-state index in [9.17, 15) is 19.1 Å². The molecule has 1 fully saturated rings. The molecule has 0 atom stereocenters. The van der Waals surface area contributed by atoms with E-state index in [1.807, 2.05) is 6.92 Å².